The monoisotopic (exact) mass is 305 g/mol. The maximum Gasteiger partial charge on any atom is 0.308 e. The van der Waals surface area contributed by atoms with Gasteiger partial charge in [-0.25, -0.2) is 0 Å². The van der Waals surface area contributed by atoms with E-state index < -0.39 is 0 Å². The summed E-state index contributed by atoms with van der Waals surface area (Å²) in [7, 11) is 0. The maximum atomic E-state index is 12.2. The normalized spacial score (nSPS) is 10.6. The zero-order valence-electron chi connectivity index (χ0n) is 12.2. The minimum absolute atomic E-state index is 0.0503. The third kappa shape index (κ3) is 3.33. The Kier molecular flexibility index (Phi) is 4.80. The summed E-state index contributed by atoms with van der Waals surface area (Å²) in [6.45, 7) is 5.20. The van der Waals surface area contributed by atoms with Crippen molar-refractivity contribution in [2.45, 2.75) is 20.4 Å². The molecule has 1 heterocycles. The van der Waals surface area contributed by atoms with Crippen LogP contribution in [-0.2, 0) is 11.3 Å². The molecule has 0 bridgehead atoms. The van der Waals surface area contributed by atoms with Gasteiger partial charge in [0.25, 0.3) is 0 Å². The lowest BCUT2D eigenvalue weighted by atomic mass is 10.1. The van der Waals surface area contributed by atoms with E-state index in [1.807, 2.05) is 26.0 Å². The van der Waals surface area contributed by atoms with Crippen molar-refractivity contribution in [2.24, 2.45) is 0 Å². The highest BCUT2D eigenvalue weighted by atomic mass is 32.1. The molecular weight excluding hydrogens is 286 g/mol. The highest BCUT2D eigenvalue weighted by Gasteiger charge is 2.15. The number of carbonyl (C=O) groups excluding carboxylic acids is 1. The van der Waals surface area contributed by atoms with E-state index in [9.17, 15) is 9.59 Å². The van der Waals surface area contributed by atoms with E-state index >= 15 is 0 Å². The third-order valence-electron chi connectivity index (χ3n) is 3.37. The Hall–Kier alpha value is -2.08. The molecule has 0 atom stereocenters. The van der Waals surface area contributed by atoms with Gasteiger partial charge >= 0.3 is 4.87 Å². The molecule has 0 aliphatic heterocycles. The molecule has 2 N–H and O–H groups in total. The molecule has 1 aromatic carbocycles. The van der Waals surface area contributed by atoms with Crippen LogP contribution < -0.4 is 10.6 Å². The van der Waals surface area contributed by atoms with Gasteiger partial charge in [-0.15, -0.1) is 0 Å². The third-order valence-corrected chi connectivity index (χ3v) is 4.14. The molecule has 0 spiro atoms. The fraction of sp³-hybridized carbons (Fsp3) is 0.333. The Morgan fingerprint density at radius 3 is 2.67 bits per heavy atom. The fourth-order valence-electron chi connectivity index (χ4n) is 2.21. The van der Waals surface area contributed by atoms with E-state index in [1.54, 1.807) is 22.4 Å². The van der Waals surface area contributed by atoms with E-state index in [0.29, 0.717) is 18.8 Å². The number of nitrogens with zero attached hydrogens (tertiary/aromatic N) is 2. The number of nitrogen functional groups attached to an aromatic ring is 1. The summed E-state index contributed by atoms with van der Waals surface area (Å²) in [6.07, 6.45) is 0. The molecule has 0 saturated heterocycles. The molecule has 2 rings (SSSR count). The van der Waals surface area contributed by atoms with Gasteiger partial charge in [-0.05, 0) is 26.0 Å². The average Bonchev–Trinajstić information content (AvgIpc) is 2.82. The molecule has 0 fully saturated rings. The molecule has 0 unspecified atom stereocenters. The minimum Gasteiger partial charge on any atom is -0.399 e. The number of benzene rings is 1. The molecule has 6 heteroatoms. The van der Waals surface area contributed by atoms with Crippen LogP contribution in [0.15, 0.2) is 34.4 Å². The molecule has 1 amide bonds. The number of nitrogens with two attached hydrogens (primary N) is 1. The Balaban J connectivity index is 2.35. The van der Waals surface area contributed by atoms with Gasteiger partial charge in [0.15, 0.2) is 0 Å². The first-order valence-electron chi connectivity index (χ1n) is 6.88. The van der Waals surface area contributed by atoms with E-state index in [1.165, 1.54) is 4.57 Å². The number of amides is 1. The van der Waals surface area contributed by atoms with Gasteiger partial charge in [0, 0.05) is 29.7 Å². The van der Waals surface area contributed by atoms with Crippen LogP contribution in [0.5, 0.6) is 0 Å². The molecular formula is C15H19N3O2S. The molecule has 0 saturated carbocycles. The number of hydrogen-bond acceptors (Lipinski definition) is 4. The number of rotatable bonds is 5. The Bertz CT molecular complexity index is 686. The van der Waals surface area contributed by atoms with Crippen LogP contribution in [0.25, 0.3) is 11.3 Å². The van der Waals surface area contributed by atoms with E-state index in [4.69, 9.17) is 5.73 Å². The largest absolute Gasteiger partial charge is 0.399 e. The van der Waals surface area contributed by atoms with Gasteiger partial charge in [-0.2, -0.15) is 0 Å². The first kappa shape index (κ1) is 15.3. The number of carbonyl (C=O) groups is 1. The Morgan fingerprint density at radius 1 is 1.33 bits per heavy atom. The molecule has 0 aliphatic rings. The zero-order chi connectivity index (χ0) is 15.4. The van der Waals surface area contributed by atoms with E-state index in [0.717, 1.165) is 22.6 Å². The lowest BCUT2D eigenvalue weighted by molar-refractivity contribution is -0.131. The predicted octanol–water partition coefficient (Wildman–Crippen LogP) is 2.03. The highest BCUT2D eigenvalue weighted by molar-refractivity contribution is 7.07. The second-order valence-electron chi connectivity index (χ2n) is 4.66. The van der Waals surface area contributed by atoms with Gasteiger partial charge in [-0.3, -0.25) is 14.2 Å². The van der Waals surface area contributed by atoms with Crippen molar-refractivity contribution in [1.29, 1.82) is 0 Å². The second-order valence-corrected chi connectivity index (χ2v) is 5.49. The number of thiazole rings is 1. The van der Waals surface area contributed by atoms with Crippen molar-refractivity contribution >= 4 is 22.9 Å². The number of aromatic nitrogens is 1. The Morgan fingerprint density at radius 2 is 2.05 bits per heavy atom. The van der Waals surface area contributed by atoms with E-state index in [2.05, 4.69) is 0 Å². The zero-order valence-corrected chi connectivity index (χ0v) is 13.0. The molecule has 0 radical (unpaired) electrons. The van der Waals surface area contributed by atoms with Crippen LogP contribution in [0, 0.1) is 0 Å². The maximum absolute atomic E-state index is 12.2. The quantitative estimate of drug-likeness (QED) is 0.859. The van der Waals surface area contributed by atoms with Gasteiger partial charge < -0.3 is 10.6 Å². The van der Waals surface area contributed by atoms with Crippen molar-refractivity contribution in [2.75, 3.05) is 18.8 Å². The van der Waals surface area contributed by atoms with Crippen molar-refractivity contribution < 1.29 is 4.79 Å². The molecule has 5 nitrogen and oxygen atoms in total. The number of anilines is 1. The standard InChI is InChI=1S/C15H19N3O2S/c1-3-17(4-2)14(19)9-18-13(10-21-15(18)20)11-6-5-7-12(16)8-11/h5-8,10H,3-4,9,16H2,1-2H3. The van der Waals surface area contributed by atoms with Gasteiger partial charge in [-0.1, -0.05) is 23.5 Å². The summed E-state index contributed by atoms with van der Waals surface area (Å²) in [5.74, 6) is -0.0503. The van der Waals surface area contributed by atoms with Crippen molar-refractivity contribution in [3.05, 3.63) is 39.3 Å². The number of hydrogen-bond donors (Lipinski definition) is 1. The van der Waals surface area contributed by atoms with Crippen LogP contribution in [-0.4, -0.2) is 28.5 Å². The molecule has 1 aromatic heterocycles. The molecule has 112 valence electrons. The van der Waals surface area contributed by atoms with Crippen molar-refractivity contribution in [3.8, 4) is 11.3 Å². The van der Waals surface area contributed by atoms with Crippen LogP contribution in [0.2, 0.25) is 0 Å². The van der Waals surface area contributed by atoms with Crippen LogP contribution in [0.4, 0.5) is 5.69 Å². The Labute approximate surface area is 127 Å². The summed E-state index contributed by atoms with van der Waals surface area (Å²) < 4.78 is 1.51. The summed E-state index contributed by atoms with van der Waals surface area (Å²) in [4.78, 5) is 25.8. The summed E-state index contributed by atoms with van der Waals surface area (Å²) in [5.41, 5.74) is 8.00. The SMILES string of the molecule is CCN(CC)C(=O)Cn1c(-c2cccc(N)c2)csc1=O. The van der Waals surface area contributed by atoms with Crippen LogP contribution in [0.3, 0.4) is 0 Å². The molecule has 2 aromatic rings. The fourth-order valence-corrected chi connectivity index (χ4v) is 2.98. The lowest BCUT2D eigenvalue weighted by Crippen LogP contribution is -2.35. The first-order valence-corrected chi connectivity index (χ1v) is 7.76. The smallest absolute Gasteiger partial charge is 0.308 e. The van der Waals surface area contributed by atoms with Gasteiger partial charge in [0.2, 0.25) is 5.91 Å². The van der Waals surface area contributed by atoms with Crippen molar-refractivity contribution in [1.82, 2.24) is 9.47 Å². The topological polar surface area (TPSA) is 68.3 Å². The molecule has 0 aliphatic carbocycles. The predicted molar refractivity (Wildman–Crippen MR) is 86.4 cm³/mol. The van der Waals surface area contributed by atoms with Crippen LogP contribution >= 0.6 is 11.3 Å². The number of likely N-dealkylation sites (N-methyl/N-ethyl adjacent to an activating group) is 1. The first-order chi connectivity index (χ1) is 10.1. The van der Waals surface area contributed by atoms with Crippen molar-refractivity contribution in [3.63, 3.8) is 0 Å². The second kappa shape index (κ2) is 6.58. The lowest BCUT2D eigenvalue weighted by Gasteiger charge is -2.19. The average molecular weight is 305 g/mol. The summed E-state index contributed by atoms with van der Waals surface area (Å²) >= 11 is 1.10. The molecule has 21 heavy (non-hydrogen) atoms. The minimum atomic E-state index is -0.132. The van der Waals surface area contributed by atoms with Gasteiger partial charge in [0.05, 0.1) is 5.69 Å². The van der Waals surface area contributed by atoms with E-state index in [-0.39, 0.29) is 17.3 Å². The van der Waals surface area contributed by atoms with Crippen LogP contribution in [0.1, 0.15) is 13.8 Å². The highest BCUT2D eigenvalue weighted by Crippen LogP contribution is 2.22. The summed E-state index contributed by atoms with van der Waals surface area (Å²) in [6, 6.07) is 7.32. The van der Waals surface area contributed by atoms with Gasteiger partial charge in [0.1, 0.15) is 6.54 Å². The summed E-state index contributed by atoms with van der Waals surface area (Å²) in [5, 5.41) is 1.77.